The van der Waals surface area contributed by atoms with Crippen molar-refractivity contribution in [2.24, 2.45) is 9.98 Å². The molecule has 0 aromatic rings. The van der Waals surface area contributed by atoms with Crippen molar-refractivity contribution in [1.82, 2.24) is 15.7 Å². The van der Waals surface area contributed by atoms with Crippen LogP contribution in [0.25, 0.3) is 0 Å². The lowest BCUT2D eigenvalue weighted by molar-refractivity contribution is -0.0490. The number of nitrogens with one attached hydrogen (secondary N) is 2. The highest BCUT2D eigenvalue weighted by atomic mass is 32.3. The van der Waals surface area contributed by atoms with Gasteiger partial charge in [0.1, 0.15) is 6.17 Å². The highest BCUT2D eigenvalue weighted by molar-refractivity contribution is 7.80. The average molecular weight is 433 g/mol. The third-order valence-electron chi connectivity index (χ3n) is 3.72. The summed E-state index contributed by atoms with van der Waals surface area (Å²) in [4.78, 5) is 32.4. The number of amides is 2. The number of allylic oxidation sites excluding steroid dienone is 1. The molecule has 0 radical (unpaired) electrons. The molecule has 2 rings (SSSR count). The number of carbonyl (C=O) groups excluding carboxylic acids is 2. The summed E-state index contributed by atoms with van der Waals surface area (Å²) < 4.78 is 45.9. The SMILES string of the molecule is CCOC(=O)NC1=NC(C2=NCC=CC2)CC(NC(=O)OCC)N1OS(=O)(=O)O. The monoisotopic (exact) mass is 433 g/mol. The van der Waals surface area contributed by atoms with E-state index >= 15 is 0 Å². The van der Waals surface area contributed by atoms with E-state index in [9.17, 15) is 18.0 Å². The number of hydrogen-bond acceptors (Lipinski definition) is 10. The van der Waals surface area contributed by atoms with Crippen LogP contribution >= 0.6 is 0 Å². The number of aliphatic imine (C=N–C) groups is 2. The van der Waals surface area contributed by atoms with E-state index < -0.39 is 40.8 Å². The molecular formula is C15H23N5O8S. The van der Waals surface area contributed by atoms with E-state index in [-0.39, 0.29) is 19.6 Å². The van der Waals surface area contributed by atoms with Gasteiger partial charge >= 0.3 is 22.6 Å². The van der Waals surface area contributed by atoms with Gasteiger partial charge in [0.25, 0.3) is 0 Å². The number of alkyl carbamates (subject to hydrolysis) is 2. The zero-order chi connectivity index (χ0) is 21.4. The van der Waals surface area contributed by atoms with E-state index in [1.54, 1.807) is 13.8 Å². The summed E-state index contributed by atoms with van der Waals surface area (Å²) in [6, 6.07) is -0.606. The Hall–Kier alpha value is -2.71. The lowest BCUT2D eigenvalue weighted by Gasteiger charge is -2.37. The minimum atomic E-state index is -5.01. The Balaban J connectivity index is 2.38. The van der Waals surface area contributed by atoms with Crippen LogP contribution in [0.3, 0.4) is 0 Å². The van der Waals surface area contributed by atoms with Crippen molar-refractivity contribution in [2.45, 2.75) is 38.9 Å². The molecule has 0 aromatic heterocycles. The molecule has 0 spiro atoms. The molecule has 2 atom stereocenters. The first-order valence-corrected chi connectivity index (χ1v) is 10.2. The lowest BCUT2D eigenvalue weighted by Crippen LogP contribution is -2.60. The highest BCUT2D eigenvalue weighted by Crippen LogP contribution is 2.21. The van der Waals surface area contributed by atoms with Crippen LogP contribution in [0, 0.1) is 0 Å². The molecule has 0 fully saturated rings. The number of dihydropyridines is 1. The van der Waals surface area contributed by atoms with E-state index in [2.05, 4.69) is 24.9 Å². The number of guanidine groups is 1. The van der Waals surface area contributed by atoms with Crippen molar-refractivity contribution in [3.63, 3.8) is 0 Å². The Morgan fingerprint density at radius 2 is 1.93 bits per heavy atom. The molecule has 0 saturated heterocycles. The van der Waals surface area contributed by atoms with E-state index in [0.717, 1.165) is 0 Å². The Morgan fingerprint density at radius 3 is 2.52 bits per heavy atom. The topological polar surface area (TPSA) is 168 Å². The van der Waals surface area contributed by atoms with E-state index in [4.69, 9.17) is 14.0 Å². The third kappa shape index (κ3) is 6.99. The van der Waals surface area contributed by atoms with Gasteiger partial charge in [0, 0.05) is 18.6 Å². The van der Waals surface area contributed by atoms with Gasteiger partial charge in [-0.05, 0) is 13.8 Å². The van der Waals surface area contributed by atoms with Crippen LogP contribution in [0.5, 0.6) is 0 Å². The minimum Gasteiger partial charge on any atom is -0.450 e. The summed E-state index contributed by atoms with van der Waals surface area (Å²) in [5.74, 6) is -0.392. The average Bonchev–Trinajstić information content (AvgIpc) is 2.64. The summed E-state index contributed by atoms with van der Waals surface area (Å²) in [7, 11) is -5.01. The summed E-state index contributed by atoms with van der Waals surface area (Å²) in [6.45, 7) is 3.73. The van der Waals surface area contributed by atoms with Crippen LogP contribution in [0.1, 0.15) is 26.7 Å². The molecule has 0 aromatic carbocycles. The summed E-state index contributed by atoms with van der Waals surface area (Å²) in [5.41, 5.74) is 0.665. The fraction of sp³-hybridized carbons (Fsp3) is 0.600. The lowest BCUT2D eigenvalue weighted by atomic mass is 10.0. The maximum Gasteiger partial charge on any atom is 0.418 e. The van der Waals surface area contributed by atoms with Crippen LogP contribution < -0.4 is 10.6 Å². The summed E-state index contributed by atoms with van der Waals surface area (Å²) >= 11 is 0. The maximum absolute atomic E-state index is 11.9. The first kappa shape index (κ1) is 22.6. The molecule has 0 aliphatic carbocycles. The van der Waals surface area contributed by atoms with Crippen molar-refractivity contribution in [2.75, 3.05) is 19.8 Å². The van der Waals surface area contributed by atoms with Gasteiger partial charge in [-0.2, -0.15) is 13.5 Å². The molecule has 29 heavy (non-hydrogen) atoms. The molecule has 3 N–H and O–H groups in total. The zero-order valence-electron chi connectivity index (χ0n) is 15.9. The Kier molecular flexibility index (Phi) is 7.92. The van der Waals surface area contributed by atoms with E-state index in [0.29, 0.717) is 23.7 Å². The quantitative estimate of drug-likeness (QED) is 0.396. The minimum absolute atomic E-state index is 0.0367. The molecule has 162 valence electrons. The number of carbonyl (C=O) groups is 2. The van der Waals surface area contributed by atoms with Crippen molar-refractivity contribution in [3.8, 4) is 0 Å². The molecule has 0 saturated carbocycles. The number of hydroxylamine groups is 2. The number of nitrogens with zero attached hydrogens (tertiary/aromatic N) is 3. The van der Waals surface area contributed by atoms with E-state index in [1.807, 2.05) is 12.2 Å². The van der Waals surface area contributed by atoms with E-state index in [1.165, 1.54) is 0 Å². The largest absolute Gasteiger partial charge is 0.450 e. The summed E-state index contributed by atoms with van der Waals surface area (Å²) in [5, 5.41) is 5.22. The van der Waals surface area contributed by atoms with Gasteiger partial charge in [0.05, 0.1) is 25.8 Å². The fourth-order valence-electron chi connectivity index (χ4n) is 2.64. The molecule has 13 nitrogen and oxygen atoms in total. The molecule has 14 heteroatoms. The van der Waals surface area contributed by atoms with Gasteiger partial charge in [-0.25, -0.2) is 14.6 Å². The Labute approximate surface area is 167 Å². The van der Waals surface area contributed by atoms with Gasteiger partial charge in [-0.1, -0.05) is 12.2 Å². The van der Waals surface area contributed by atoms with Gasteiger partial charge in [-0.15, -0.1) is 4.28 Å². The van der Waals surface area contributed by atoms with Crippen LogP contribution in [-0.4, -0.2) is 73.9 Å². The normalized spacial score (nSPS) is 21.7. The maximum atomic E-state index is 11.9. The van der Waals surface area contributed by atoms with Crippen LogP contribution in [0.15, 0.2) is 22.1 Å². The molecule has 2 unspecified atom stereocenters. The Morgan fingerprint density at radius 1 is 1.24 bits per heavy atom. The number of hydrogen-bond donors (Lipinski definition) is 3. The van der Waals surface area contributed by atoms with Crippen molar-refractivity contribution >= 4 is 34.3 Å². The zero-order valence-corrected chi connectivity index (χ0v) is 16.7. The second-order valence-corrected chi connectivity index (χ2v) is 6.77. The van der Waals surface area contributed by atoms with Crippen molar-refractivity contribution < 1.29 is 36.3 Å². The van der Waals surface area contributed by atoms with Gasteiger partial charge in [0.2, 0.25) is 5.96 Å². The molecule has 2 amide bonds. The first-order chi connectivity index (χ1) is 13.7. The number of ether oxygens (including phenoxy) is 2. The smallest absolute Gasteiger partial charge is 0.418 e. The van der Waals surface area contributed by atoms with Crippen LogP contribution in [-0.2, 0) is 24.2 Å². The predicted octanol–water partition coefficient (Wildman–Crippen LogP) is 0.370. The van der Waals surface area contributed by atoms with Crippen molar-refractivity contribution in [3.05, 3.63) is 12.2 Å². The first-order valence-electron chi connectivity index (χ1n) is 8.82. The fourth-order valence-corrected chi connectivity index (χ4v) is 3.02. The molecule has 2 aliphatic rings. The van der Waals surface area contributed by atoms with Gasteiger partial charge < -0.3 is 9.47 Å². The second kappa shape index (κ2) is 10.2. The predicted molar refractivity (Wildman–Crippen MR) is 100 cm³/mol. The van der Waals surface area contributed by atoms with Gasteiger partial charge in [0.15, 0.2) is 0 Å². The standard InChI is InChI=1S/C15H23N5O8S/c1-3-26-14(21)18-12-9-11(10-7-5-6-8-16-10)17-13(19-15(22)27-4-2)20(12)28-29(23,24)25/h5-6,11-12H,3-4,7-9H2,1-2H3,(H,18,21)(H,17,19,22)(H,23,24,25). The van der Waals surface area contributed by atoms with Crippen molar-refractivity contribution in [1.29, 1.82) is 0 Å². The number of rotatable bonds is 6. The van der Waals surface area contributed by atoms with Gasteiger partial charge in [-0.3, -0.25) is 20.2 Å². The molecular weight excluding hydrogens is 410 g/mol. The third-order valence-corrected chi connectivity index (χ3v) is 4.07. The summed E-state index contributed by atoms with van der Waals surface area (Å²) in [6.07, 6.45) is 1.34. The van der Waals surface area contributed by atoms with Crippen LogP contribution in [0.2, 0.25) is 0 Å². The second-order valence-electron chi connectivity index (χ2n) is 5.77. The molecule has 0 bridgehead atoms. The highest BCUT2D eigenvalue weighted by Gasteiger charge is 2.38. The molecule has 2 heterocycles. The van der Waals surface area contributed by atoms with Crippen LogP contribution in [0.4, 0.5) is 9.59 Å². The Bertz CT molecular complexity index is 810. The molecule has 2 aliphatic heterocycles.